The molecule has 18 heavy (non-hydrogen) atoms. The summed E-state index contributed by atoms with van der Waals surface area (Å²) in [6, 6.07) is -0.425. The van der Waals surface area contributed by atoms with E-state index in [4.69, 9.17) is 0 Å². The number of hydrogen-bond acceptors (Lipinski definition) is 3. The van der Waals surface area contributed by atoms with E-state index in [0.29, 0.717) is 19.3 Å². The Morgan fingerprint density at radius 3 is 2.78 bits per heavy atom. The molecule has 1 aliphatic heterocycles. The number of aromatic nitrogens is 2. The van der Waals surface area contributed by atoms with E-state index in [-0.39, 0.29) is 5.91 Å². The third kappa shape index (κ3) is 2.23. The average molecular weight is 251 g/mol. The Morgan fingerprint density at radius 2 is 2.22 bits per heavy atom. The number of aliphatic carboxylic acids is 1. The molecular formula is C12H17N3O3. The monoisotopic (exact) mass is 251 g/mol. The Kier molecular flexibility index (Phi) is 3.36. The number of rotatable bonds is 2. The second kappa shape index (κ2) is 4.80. The summed E-state index contributed by atoms with van der Waals surface area (Å²) < 4.78 is 1.62. The predicted molar refractivity (Wildman–Crippen MR) is 63.7 cm³/mol. The molecule has 1 amide bonds. The van der Waals surface area contributed by atoms with Crippen LogP contribution in [0.5, 0.6) is 0 Å². The molecule has 2 atom stereocenters. The standard InChI is InChI=1S/C12H17N3O3/c1-14-7-8(6-13-14)11-9(12(17)18)4-3-5-10(16)15(11)2/h6-7,9,11H,3-5H2,1-2H3,(H,17,18). The Labute approximate surface area is 105 Å². The van der Waals surface area contributed by atoms with Crippen LogP contribution in [-0.2, 0) is 16.6 Å². The van der Waals surface area contributed by atoms with Gasteiger partial charge in [-0.15, -0.1) is 0 Å². The number of carboxylic acids is 1. The lowest BCUT2D eigenvalue weighted by atomic mass is 9.91. The van der Waals surface area contributed by atoms with Crippen molar-refractivity contribution in [1.82, 2.24) is 14.7 Å². The minimum absolute atomic E-state index is 0.00685. The molecule has 2 rings (SSSR count). The van der Waals surface area contributed by atoms with Gasteiger partial charge in [0.2, 0.25) is 5.91 Å². The largest absolute Gasteiger partial charge is 0.481 e. The van der Waals surface area contributed by atoms with Gasteiger partial charge < -0.3 is 10.0 Å². The Hall–Kier alpha value is -1.85. The van der Waals surface area contributed by atoms with Crippen molar-refractivity contribution in [2.75, 3.05) is 7.05 Å². The minimum atomic E-state index is -0.856. The van der Waals surface area contributed by atoms with Gasteiger partial charge in [0, 0.05) is 32.3 Å². The lowest BCUT2D eigenvalue weighted by Gasteiger charge is -2.29. The van der Waals surface area contributed by atoms with Gasteiger partial charge in [-0.1, -0.05) is 0 Å². The van der Waals surface area contributed by atoms with E-state index in [0.717, 1.165) is 5.56 Å². The maximum atomic E-state index is 11.9. The summed E-state index contributed by atoms with van der Waals surface area (Å²) >= 11 is 0. The zero-order valence-corrected chi connectivity index (χ0v) is 10.5. The maximum Gasteiger partial charge on any atom is 0.308 e. The number of carbonyl (C=O) groups is 2. The normalized spacial score (nSPS) is 25.0. The van der Waals surface area contributed by atoms with Crippen molar-refractivity contribution in [3.8, 4) is 0 Å². The van der Waals surface area contributed by atoms with Gasteiger partial charge in [0.05, 0.1) is 18.2 Å². The number of carbonyl (C=O) groups excluding carboxylic acids is 1. The fourth-order valence-corrected chi connectivity index (χ4v) is 2.54. The number of carboxylic acid groups (broad SMARTS) is 1. The van der Waals surface area contributed by atoms with E-state index in [1.54, 1.807) is 36.1 Å². The number of amides is 1. The van der Waals surface area contributed by atoms with Crippen LogP contribution in [0.1, 0.15) is 30.9 Å². The molecule has 6 nitrogen and oxygen atoms in total. The van der Waals surface area contributed by atoms with Gasteiger partial charge in [-0.2, -0.15) is 5.10 Å². The molecular weight excluding hydrogens is 234 g/mol. The second-order valence-corrected chi connectivity index (χ2v) is 4.73. The van der Waals surface area contributed by atoms with Crippen molar-refractivity contribution < 1.29 is 14.7 Å². The van der Waals surface area contributed by atoms with Gasteiger partial charge in [-0.05, 0) is 12.8 Å². The lowest BCUT2D eigenvalue weighted by molar-refractivity contribution is -0.145. The zero-order valence-electron chi connectivity index (χ0n) is 10.5. The highest BCUT2D eigenvalue weighted by Crippen LogP contribution is 2.34. The highest BCUT2D eigenvalue weighted by atomic mass is 16.4. The molecule has 1 aromatic rings. The molecule has 0 bridgehead atoms. The summed E-state index contributed by atoms with van der Waals surface area (Å²) in [5.41, 5.74) is 0.780. The van der Waals surface area contributed by atoms with Crippen LogP contribution >= 0.6 is 0 Å². The molecule has 1 saturated heterocycles. The molecule has 0 aromatic carbocycles. The topological polar surface area (TPSA) is 75.4 Å². The summed E-state index contributed by atoms with van der Waals surface area (Å²) in [4.78, 5) is 24.8. The molecule has 1 aromatic heterocycles. The van der Waals surface area contributed by atoms with Gasteiger partial charge in [0.1, 0.15) is 0 Å². The number of aryl methyl sites for hydroxylation is 1. The van der Waals surface area contributed by atoms with Crippen molar-refractivity contribution in [3.63, 3.8) is 0 Å². The SMILES string of the molecule is CN1C(=O)CCCC(C(=O)O)C1c1cnn(C)c1. The highest BCUT2D eigenvalue weighted by molar-refractivity contribution is 5.79. The molecule has 1 aliphatic rings. The average Bonchev–Trinajstić information content (AvgIpc) is 2.66. The van der Waals surface area contributed by atoms with Crippen LogP contribution in [0.25, 0.3) is 0 Å². The second-order valence-electron chi connectivity index (χ2n) is 4.73. The molecule has 2 unspecified atom stereocenters. The van der Waals surface area contributed by atoms with Crippen LogP contribution in [0.3, 0.4) is 0 Å². The van der Waals surface area contributed by atoms with Gasteiger partial charge in [-0.25, -0.2) is 0 Å². The fourth-order valence-electron chi connectivity index (χ4n) is 2.54. The molecule has 1 fully saturated rings. The summed E-state index contributed by atoms with van der Waals surface area (Å²) in [7, 11) is 3.44. The minimum Gasteiger partial charge on any atom is -0.481 e. The number of likely N-dealkylation sites (tertiary alicyclic amines) is 1. The molecule has 0 saturated carbocycles. The first-order valence-electron chi connectivity index (χ1n) is 5.97. The van der Waals surface area contributed by atoms with Crippen molar-refractivity contribution in [2.45, 2.75) is 25.3 Å². The van der Waals surface area contributed by atoms with E-state index in [1.165, 1.54) is 0 Å². The first-order valence-corrected chi connectivity index (χ1v) is 5.97. The van der Waals surface area contributed by atoms with E-state index < -0.39 is 17.9 Å². The third-order valence-electron chi connectivity index (χ3n) is 3.48. The zero-order chi connectivity index (χ0) is 13.3. The van der Waals surface area contributed by atoms with Gasteiger partial charge >= 0.3 is 5.97 Å². The Bertz CT molecular complexity index is 469. The van der Waals surface area contributed by atoms with Crippen molar-refractivity contribution >= 4 is 11.9 Å². The van der Waals surface area contributed by atoms with E-state index in [2.05, 4.69) is 5.10 Å². The molecule has 6 heteroatoms. The Morgan fingerprint density at radius 1 is 1.50 bits per heavy atom. The molecule has 2 heterocycles. The fraction of sp³-hybridized carbons (Fsp3) is 0.583. The number of nitrogens with zero attached hydrogens (tertiary/aromatic N) is 3. The molecule has 0 radical (unpaired) electrons. The predicted octanol–water partition coefficient (Wildman–Crippen LogP) is 0.804. The summed E-state index contributed by atoms with van der Waals surface area (Å²) in [5.74, 6) is -1.43. The first-order chi connectivity index (χ1) is 8.50. The third-order valence-corrected chi connectivity index (χ3v) is 3.48. The van der Waals surface area contributed by atoms with Crippen LogP contribution in [0.2, 0.25) is 0 Å². The van der Waals surface area contributed by atoms with Crippen LogP contribution in [-0.4, -0.2) is 38.7 Å². The van der Waals surface area contributed by atoms with Crippen molar-refractivity contribution in [3.05, 3.63) is 18.0 Å². The van der Waals surface area contributed by atoms with Crippen LogP contribution in [0, 0.1) is 5.92 Å². The van der Waals surface area contributed by atoms with Gasteiger partial charge in [-0.3, -0.25) is 14.3 Å². The molecule has 1 N–H and O–H groups in total. The molecule has 98 valence electrons. The van der Waals surface area contributed by atoms with Crippen LogP contribution in [0.15, 0.2) is 12.4 Å². The maximum absolute atomic E-state index is 11.9. The van der Waals surface area contributed by atoms with Crippen molar-refractivity contribution in [2.24, 2.45) is 13.0 Å². The highest BCUT2D eigenvalue weighted by Gasteiger charge is 2.37. The summed E-state index contributed by atoms with van der Waals surface area (Å²) in [6.45, 7) is 0. The lowest BCUT2D eigenvalue weighted by Crippen LogP contribution is -2.35. The van der Waals surface area contributed by atoms with Crippen LogP contribution in [0.4, 0.5) is 0 Å². The smallest absolute Gasteiger partial charge is 0.308 e. The Balaban J connectivity index is 2.40. The first kappa shape index (κ1) is 12.6. The van der Waals surface area contributed by atoms with Crippen molar-refractivity contribution in [1.29, 1.82) is 0 Å². The molecule has 0 aliphatic carbocycles. The molecule has 0 spiro atoms. The van der Waals surface area contributed by atoms with E-state index in [1.807, 2.05) is 0 Å². The van der Waals surface area contributed by atoms with E-state index in [9.17, 15) is 14.7 Å². The van der Waals surface area contributed by atoms with Crippen LogP contribution < -0.4 is 0 Å². The quantitative estimate of drug-likeness (QED) is 0.843. The van der Waals surface area contributed by atoms with Gasteiger partial charge in [0.25, 0.3) is 0 Å². The van der Waals surface area contributed by atoms with Gasteiger partial charge in [0.15, 0.2) is 0 Å². The number of hydrogen-bond donors (Lipinski definition) is 1. The summed E-state index contributed by atoms with van der Waals surface area (Å²) in [5, 5.41) is 13.4. The van der Waals surface area contributed by atoms with E-state index >= 15 is 0 Å². The summed E-state index contributed by atoms with van der Waals surface area (Å²) in [6.07, 6.45) is 4.96.